The first kappa shape index (κ1) is 25.0. The smallest absolute Gasteiger partial charge is 0.266 e. The van der Waals surface area contributed by atoms with Gasteiger partial charge in [0.15, 0.2) is 18.1 Å². The molecule has 4 rings (SSSR count). The van der Waals surface area contributed by atoms with E-state index >= 15 is 0 Å². The maximum Gasteiger partial charge on any atom is 0.266 e. The molecule has 1 N–H and O–H groups in total. The lowest BCUT2D eigenvalue weighted by Crippen LogP contribution is -2.27. The van der Waals surface area contributed by atoms with Gasteiger partial charge in [-0.05, 0) is 76.5 Å². The number of nitrogens with zero attached hydrogens (tertiary/aromatic N) is 1. The molecule has 0 aliphatic carbocycles. The number of ether oxygens (including phenoxy) is 2. The molecule has 1 fully saturated rings. The number of hydrogen-bond donors (Lipinski definition) is 1. The number of nitrogens with one attached hydrogen (secondary N) is 1. The molecule has 0 unspecified atom stereocenters. The Labute approximate surface area is 220 Å². The van der Waals surface area contributed by atoms with Gasteiger partial charge in [-0.25, -0.2) is 0 Å². The molecule has 0 radical (unpaired) electrons. The van der Waals surface area contributed by atoms with E-state index < -0.39 is 0 Å². The predicted octanol–water partition coefficient (Wildman–Crippen LogP) is 5.78. The van der Waals surface area contributed by atoms with Crippen molar-refractivity contribution in [2.75, 3.05) is 19.0 Å². The summed E-state index contributed by atoms with van der Waals surface area (Å²) in [5.41, 5.74) is 2.45. The SMILES string of the molecule is COc1cc(/C=C2\SC(=S)N(Cc3ccco3)C2=O)cc(Br)c1OCC(=O)Nc1cccc(C)c1. The summed E-state index contributed by atoms with van der Waals surface area (Å²) in [6.45, 7) is 2.03. The van der Waals surface area contributed by atoms with Gasteiger partial charge in [0.2, 0.25) is 0 Å². The first-order valence-electron chi connectivity index (χ1n) is 10.5. The summed E-state index contributed by atoms with van der Waals surface area (Å²) < 4.78 is 17.6. The number of furan rings is 1. The van der Waals surface area contributed by atoms with Gasteiger partial charge in [-0.2, -0.15) is 0 Å². The molecule has 7 nitrogen and oxygen atoms in total. The Morgan fingerprint density at radius 3 is 2.80 bits per heavy atom. The lowest BCUT2D eigenvalue weighted by molar-refractivity contribution is -0.122. The highest BCUT2D eigenvalue weighted by atomic mass is 79.9. The standard InChI is InChI=1S/C25H21BrN2O5S2/c1-15-5-3-6-17(9-15)27-22(29)14-33-23-19(26)10-16(11-20(23)31-2)12-21-24(30)28(25(34)35-21)13-18-7-4-8-32-18/h3-12H,13-14H2,1-2H3,(H,27,29)/b21-12-. The van der Waals surface area contributed by atoms with Crippen molar-refractivity contribution >= 4 is 67.8 Å². The molecule has 180 valence electrons. The number of carbonyl (C=O) groups excluding carboxylic acids is 2. The van der Waals surface area contributed by atoms with E-state index in [0.29, 0.717) is 42.2 Å². The largest absolute Gasteiger partial charge is 0.493 e. The highest BCUT2D eigenvalue weighted by molar-refractivity contribution is 9.10. The lowest BCUT2D eigenvalue weighted by atomic mass is 10.2. The van der Waals surface area contributed by atoms with Gasteiger partial charge in [0.05, 0.1) is 29.3 Å². The highest BCUT2D eigenvalue weighted by Crippen LogP contribution is 2.39. The Morgan fingerprint density at radius 1 is 1.26 bits per heavy atom. The molecule has 0 saturated carbocycles. The number of amides is 2. The van der Waals surface area contributed by atoms with E-state index in [0.717, 1.165) is 5.56 Å². The minimum Gasteiger partial charge on any atom is -0.493 e. The molecular weight excluding hydrogens is 552 g/mol. The summed E-state index contributed by atoms with van der Waals surface area (Å²) in [5, 5.41) is 2.80. The monoisotopic (exact) mass is 572 g/mol. The Kier molecular flexibility index (Phi) is 7.94. The molecule has 3 aromatic rings. The molecule has 1 aliphatic rings. The highest BCUT2D eigenvalue weighted by Gasteiger charge is 2.32. The minimum absolute atomic E-state index is 0.195. The van der Waals surface area contributed by atoms with Crippen molar-refractivity contribution < 1.29 is 23.5 Å². The third-order valence-corrected chi connectivity index (χ3v) is 6.93. The van der Waals surface area contributed by atoms with E-state index in [1.165, 1.54) is 23.8 Å². The number of carbonyl (C=O) groups is 2. The zero-order valence-electron chi connectivity index (χ0n) is 18.9. The number of methoxy groups -OCH3 is 1. The molecule has 0 spiro atoms. The van der Waals surface area contributed by atoms with Gasteiger partial charge in [-0.3, -0.25) is 14.5 Å². The molecule has 0 atom stereocenters. The number of benzene rings is 2. The molecule has 2 amide bonds. The van der Waals surface area contributed by atoms with Crippen molar-refractivity contribution in [2.45, 2.75) is 13.5 Å². The van der Waals surface area contributed by atoms with Gasteiger partial charge in [-0.15, -0.1) is 0 Å². The molecule has 2 aromatic carbocycles. The molecule has 35 heavy (non-hydrogen) atoms. The van der Waals surface area contributed by atoms with Crippen molar-refractivity contribution in [3.8, 4) is 11.5 Å². The number of thioether (sulfide) groups is 1. The van der Waals surface area contributed by atoms with Crippen molar-refractivity contribution in [1.82, 2.24) is 4.90 Å². The van der Waals surface area contributed by atoms with Crippen molar-refractivity contribution in [3.63, 3.8) is 0 Å². The molecular formula is C25H21BrN2O5S2. The van der Waals surface area contributed by atoms with Gasteiger partial charge < -0.3 is 19.2 Å². The number of hydrogen-bond acceptors (Lipinski definition) is 7. The van der Waals surface area contributed by atoms with Crippen molar-refractivity contribution in [3.05, 3.63) is 81.1 Å². The molecule has 2 heterocycles. The van der Waals surface area contributed by atoms with Crippen LogP contribution >= 0.6 is 39.9 Å². The van der Waals surface area contributed by atoms with Gasteiger partial charge in [-0.1, -0.05) is 36.1 Å². The van der Waals surface area contributed by atoms with Gasteiger partial charge in [0.25, 0.3) is 11.8 Å². The summed E-state index contributed by atoms with van der Waals surface area (Å²) >= 11 is 10.1. The Hall–Kier alpha value is -3.08. The normalized spacial score (nSPS) is 14.5. The first-order chi connectivity index (χ1) is 16.8. The van der Waals surface area contributed by atoms with Crippen LogP contribution < -0.4 is 14.8 Å². The minimum atomic E-state index is -0.297. The van der Waals surface area contributed by atoms with Crippen LogP contribution in [0.15, 0.2) is 68.6 Å². The fourth-order valence-corrected chi connectivity index (χ4v) is 5.20. The molecule has 0 bridgehead atoms. The van der Waals surface area contributed by atoms with E-state index in [1.807, 2.05) is 31.2 Å². The van der Waals surface area contributed by atoms with Crippen LogP contribution in [0.2, 0.25) is 0 Å². The topological polar surface area (TPSA) is 81.0 Å². The molecule has 1 aromatic heterocycles. The molecule has 10 heteroatoms. The third-order valence-electron chi connectivity index (χ3n) is 4.97. The van der Waals surface area contributed by atoms with Crippen LogP contribution in [0.4, 0.5) is 5.69 Å². The van der Waals surface area contributed by atoms with Gasteiger partial charge in [0.1, 0.15) is 10.1 Å². The second-order valence-corrected chi connectivity index (χ2v) is 10.1. The number of aryl methyl sites for hydroxylation is 1. The molecule has 1 saturated heterocycles. The zero-order chi connectivity index (χ0) is 24.9. The number of halogens is 1. The van der Waals surface area contributed by atoms with Gasteiger partial charge in [0, 0.05) is 5.69 Å². The average Bonchev–Trinajstić information content (AvgIpc) is 3.42. The van der Waals surface area contributed by atoms with Crippen LogP contribution in [0.25, 0.3) is 6.08 Å². The number of thiocarbonyl (C=S) groups is 1. The van der Waals surface area contributed by atoms with Crippen LogP contribution in [0.5, 0.6) is 11.5 Å². The first-order valence-corrected chi connectivity index (χ1v) is 12.5. The van der Waals surface area contributed by atoms with E-state index in [4.69, 9.17) is 26.1 Å². The van der Waals surface area contributed by atoms with Crippen molar-refractivity contribution in [2.24, 2.45) is 0 Å². The second kappa shape index (κ2) is 11.1. The Bertz CT molecular complexity index is 1310. The summed E-state index contributed by atoms with van der Waals surface area (Å²) in [6, 6.07) is 14.6. The van der Waals surface area contributed by atoms with Crippen LogP contribution in [-0.4, -0.2) is 34.8 Å². The lowest BCUT2D eigenvalue weighted by Gasteiger charge is -2.14. The average molecular weight is 573 g/mol. The van der Waals surface area contributed by atoms with E-state index in [9.17, 15) is 9.59 Å². The summed E-state index contributed by atoms with van der Waals surface area (Å²) in [4.78, 5) is 27.2. The van der Waals surface area contributed by atoms with Crippen molar-refractivity contribution in [1.29, 1.82) is 0 Å². The van der Waals surface area contributed by atoms with Crippen LogP contribution in [0.3, 0.4) is 0 Å². The number of rotatable bonds is 8. The Morgan fingerprint density at radius 2 is 2.09 bits per heavy atom. The second-order valence-electron chi connectivity index (χ2n) is 7.59. The third kappa shape index (κ3) is 6.14. The fraction of sp³-hybridized carbons (Fsp3) is 0.160. The summed E-state index contributed by atoms with van der Waals surface area (Å²) in [7, 11) is 1.51. The van der Waals surface area contributed by atoms with E-state index in [2.05, 4.69) is 21.2 Å². The maximum atomic E-state index is 12.9. The summed E-state index contributed by atoms with van der Waals surface area (Å²) in [5.74, 6) is 0.961. The maximum absolute atomic E-state index is 12.9. The fourth-order valence-electron chi connectivity index (χ4n) is 3.37. The predicted molar refractivity (Wildman–Crippen MR) is 143 cm³/mol. The quantitative estimate of drug-likeness (QED) is 0.270. The number of anilines is 1. The van der Waals surface area contributed by atoms with Crippen LogP contribution in [0.1, 0.15) is 16.9 Å². The van der Waals surface area contributed by atoms with Crippen LogP contribution in [-0.2, 0) is 16.1 Å². The van der Waals surface area contributed by atoms with Gasteiger partial charge >= 0.3 is 0 Å². The van der Waals surface area contributed by atoms with E-state index in [-0.39, 0.29) is 25.0 Å². The Balaban J connectivity index is 1.46. The molecule has 1 aliphatic heterocycles. The van der Waals surface area contributed by atoms with Crippen LogP contribution in [0, 0.1) is 6.92 Å². The zero-order valence-corrected chi connectivity index (χ0v) is 22.1. The van der Waals surface area contributed by atoms with E-state index in [1.54, 1.807) is 36.6 Å². The summed E-state index contributed by atoms with van der Waals surface area (Å²) in [6.07, 6.45) is 3.30.